The van der Waals surface area contributed by atoms with Gasteiger partial charge in [0.05, 0.1) is 10.6 Å². The van der Waals surface area contributed by atoms with E-state index in [1.54, 1.807) is 11.8 Å². The molecule has 0 bridgehead atoms. The molecule has 2 aliphatic heterocycles. The van der Waals surface area contributed by atoms with Crippen LogP contribution in [-0.4, -0.2) is 52.0 Å². The second-order valence-electron chi connectivity index (χ2n) is 6.77. The Bertz CT molecular complexity index is 600. The summed E-state index contributed by atoms with van der Waals surface area (Å²) < 4.78 is 0. The Balaban J connectivity index is 1.60. The molecular formula is C19H27N3O2S. The lowest BCUT2D eigenvalue weighted by atomic mass is 10.0. The molecule has 2 saturated heterocycles. The number of thioether (sulfide) groups is 1. The van der Waals surface area contributed by atoms with E-state index in [2.05, 4.69) is 24.4 Å². The molecular weight excluding hydrogens is 334 g/mol. The van der Waals surface area contributed by atoms with Gasteiger partial charge in [0.1, 0.15) is 0 Å². The molecule has 0 aromatic heterocycles. The first-order chi connectivity index (χ1) is 12.1. The molecule has 0 atom stereocenters. The molecule has 0 aliphatic carbocycles. The number of hydrogen-bond donors (Lipinski definition) is 1. The Morgan fingerprint density at radius 3 is 2.64 bits per heavy atom. The van der Waals surface area contributed by atoms with Crippen molar-refractivity contribution < 1.29 is 9.59 Å². The molecule has 3 amide bonds. The third kappa shape index (κ3) is 4.11. The van der Waals surface area contributed by atoms with Gasteiger partial charge < -0.3 is 15.1 Å². The van der Waals surface area contributed by atoms with Crippen LogP contribution >= 0.6 is 11.8 Å². The van der Waals surface area contributed by atoms with Gasteiger partial charge in [0.15, 0.2) is 0 Å². The van der Waals surface area contributed by atoms with E-state index in [1.807, 2.05) is 28.0 Å². The van der Waals surface area contributed by atoms with Crippen molar-refractivity contribution in [2.45, 2.75) is 44.0 Å². The number of piperidine rings is 1. The molecule has 2 fully saturated rings. The first-order valence-corrected chi connectivity index (χ1v) is 10.1. The third-order valence-electron chi connectivity index (χ3n) is 5.08. The van der Waals surface area contributed by atoms with Crippen molar-refractivity contribution in [3.8, 4) is 0 Å². The molecule has 5 nitrogen and oxygen atoms in total. The molecule has 25 heavy (non-hydrogen) atoms. The molecule has 2 aliphatic rings. The minimum Gasteiger partial charge on any atom is -0.338 e. The molecule has 1 aromatic rings. The normalized spacial score (nSPS) is 19.5. The van der Waals surface area contributed by atoms with Gasteiger partial charge in [-0.2, -0.15) is 0 Å². The van der Waals surface area contributed by atoms with Gasteiger partial charge >= 0.3 is 6.03 Å². The quantitative estimate of drug-likeness (QED) is 0.820. The maximum Gasteiger partial charge on any atom is 0.317 e. The van der Waals surface area contributed by atoms with Gasteiger partial charge in [0.25, 0.3) is 0 Å². The van der Waals surface area contributed by atoms with Crippen LogP contribution in [0.15, 0.2) is 30.3 Å². The predicted octanol–water partition coefficient (Wildman–Crippen LogP) is 3.06. The zero-order valence-corrected chi connectivity index (χ0v) is 15.7. The van der Waals surface area contributed by atoms with Crippen LogP contribution in [0, 0.1) is 0 Å². The number of benzene rings is 1. The second kappa shape index (κ2) is 8.13. The average molecular weight is 362 g/mol. The summed E-state index contributed by atoms with van der Waals surface area (Å²) in [4.78, 5) is 28.5. The number of likely N-dealkylation sites (tertiary alicyclic amines) is 1. The van der Waals surface area contributed by atoms with E-state index in [4.69, 9.17) is 0 Å². The maximum absolute atomic E-state index is 12.5. The van der Waals surface area contributed by atoms with E-state index in [-0.39, 0.29) is 16.8 Å². The Kier molecular flexibility index (Phi) is 5.89. The smallest absolute Gasteiger partial charge is 0.317 e. The lowest BCUT2D eigenvalue weighted by molar-refractivity contribution is -0.131. The van der Waals surface area contributed by atoms with E-state index in [1.165, 1.54) is 0 Å². The molecule has 0 saturated carbocycles. The highest BCUT2D eigenvalue weighted by molar-refractivity contribution is 8.01. The van der Waals surface area contributed by atoms with Gasteiger partial charge in [-0.15, -0.1) is 11.8 Å². The van der Waals surface area contributed by atoms with Crippen LogP contribution in [-0.2, 0) is 11.3 Å². The van der Waals surface area contributed by atoms with E-state index in [9.17, 15) is 9.59 Å². The van der Waals surface area contributed by atoms with Crippen molar-refractivity contribution in [2.24, 2.45) is 0 Å². The van der Waals surface area contributed by atoms with Gasteiger partial charge in [0, 0.05) is 26.2 Å². The molecule has 3 rings (SSSR count). The molecule has 1 spiro atoms. The average Bonchev–Trinajstić information content (AvgIpc) is 2.93. The molecule has 0 unspecified atom stereocenters. The summed E-state index contributed by atoms with van der Waals surface area (Å²) in [5.74, 6) is 0.768. The van der Waals surface area contributed by atoms with Crippen molar-refractivity contribution in [3.05, 3.63) is 35.9 Å². The lowest BCUT2D eigenvalue weighted by Gasteiger charge is -2.44. The predicted molar refractivity (Wildman–Crippen MR) is 101 cm³/mol. The number of carbonyl (C=O) groups is 2. The van der Waals surface area contributed by atoms with E-state index >= 15 is 0 Å². The van der Waals surface area contributed by atoms with Crippen molar-refractivity contribution >= 4 is 23.7 Å². The third-order valence-corrected chi connectivity index (χ3v) is 6.64. The Hall–Kier alpha value is -1.69. The van der Waals surface area contributed by atoms with E-state index < -0.39 is 0 Å². The van der Waals surface area contributed by atoms with Gasteiger partial charge in [-0.3, -0.25) is 4.79 Å². The summed E-state index contributed by atoms with van der Waals surface area (Å²) in [6.45, 7) is 4.94. The SMILES string of the molecule is CCCCNC(=O)N1CCC2(CC1)SCC(=O)N2Cc1ccccc1. The van der Waals surface area contributed by atoms with Gasteiger partial charge in [-0.05, 0) is 24.8 Å². The summed E-state index contributed by atoms with van der Waals surface area (Å²) in [6, 6.07) is 10.2. The van der Waals surface area contributed by atoms with Crippen LogP contribution in [0.5, 0.6) is 0 Å². The van der Waals surface area contributed by atoms with Crippen LogP contribution in [0.3, 0.4) is 0 Å². The number of carbonyl (C=O) groups excluding carboxylic acids is 2. The Labute approximate surface area is 154 Å². The zero-order valence-electron chi connectivity index (χ0n) is 14.9. The molecule has 0 radical (unpaired) electrons. The second-order valence-corrected chi connectivity index (χ2v) is 8.11. The Morgan fingerprint density at radius 2 is 1.96 bits per heavy atom. The van der Waals surface area contributed by atoms with Crippen molar-refractivity contribution in [1.82, 2.24) is 15.1 Å². The summed E-state index contributed by atoms with van der Waals surface area (Å²) in [5, 5.41) is 2.99. The highest BCUT2D eigenvalue weighted by Crippen LogP contribution is 2.45. The van der Waals surface area contributed by atoms with Gasteiger partial charge in [-0.1, -0.05) is 43.7 Å². The largest absolute Gasteiger partial charge is 0.338 e. The van der Waals surface area contributed by atoms with Crippen LogP contribution in [0.4, 0.5) is 4.79 Å². The number of nitrogens with one attached hydrogen (secondary N) is 1. The summed E-state index contributed by atoms with van der Waals surface area (Å²) >= 11 is 1.75. The van der Waals surface area contributed by atoms with Gasteiger partial charge in [-0.25, -0.2) is 4.79 Å². The lowest BCUT2D eigenvalue weighted by Crippen LogP contribution is -2.54. The minimum absolute atomic E-state index is 0.0345. The molecule has 1 N–H and O–H groups in total. The van der Waals surface area contributed by atoms with Crippen LogP contribution in [0.1, 0.15) is 38.2 Å². The molecule has 136 valence electrons. The summed E-state index contributed by atoms with van der Waals surface area (Å²) in [5.41, 5.74) is 1.16. The monoisotopic (exact) mass is 361 g/mol. The van der Waals surface area contributed by atoms with Crippen molar-refractivity contribution in [3.63, 3.8) is 0 Å². The fourth-order valence-electron chi connectivity index (χ4n) is 3.53. The fourth-order valence-corrected chi connectivity index (χ4v) is 4.88. The van der Waals surface area contributed by atoms with Crippen LogP contribution in [0.25, 0.3) is 0 Å². The number of urea groups is 1. The summed E-state index contributed by atoms with van der Waals surface area (Å²) in [6.07, 6.45) is 3.78. The zero-order chi connectivity index (χ0) is 17.7. The Morgan fingerprint density at radius 1 is 1.24 bits per heavy atom. The highest BCUT2D eigenvalue weighted by atomic mass is 32.2. The van der Waals surface area contributed by atoms with Crippen molar-refractivity contribution in [1.29, 1.82) is 0 Å². The molecule has 2 heterocycles. The standard InChI is InChI=1S/C19H27N3O2S/c1-2-3-11-20-18(24)21-12-9-19(10-13-21)22(17(23)15-25-19)14-16-7-5-4-6-8-16/h4-8H,2-3,9-15H2,1H3,(H,20,24). The molecule has 1 aromatic carbocycles. The first-order valence-electron chi connectivity index (χ1n) is 9.16. The van der Waals surface area contributed by atoms with Gasteiger partial charge in [0.2, 0.25) is 5.91 Å². The number of hydrogen-bond acceptors (Lipinski definition) is 3. The maximum atomic E-state index is 12.5. The number of nitrogens with zero attached hydrogens (tertiary/aromatic N) is 2. The minimum atomic E-state index is -0.146. The number of amides is 3. The van der Waals surface area contributed by atoms with Crippen LogP contribution in [0.2, 0.25) is 0 Å². The topological polar surface area (TPSA) is 52.7 Å². The number of rotatable bonds is 5. The summed E-state index contributed by atoms with van der Waals surface area (Å²) in [7, 11) is 0. The van der Waals surface area contributed by atoms with E-state index in [0.717, 1.165) is 37.8 Å². The first kappa shape index (κ1) is 18.1. The number of unbranched alkanes of at least 4 members (excludes halogenated alkanes) is 1. The van der Waals surface area contributed by atoms with Crippen molar-refractivity contribution in [2.75, 3.05) is 25.4 Å². The highest BCUT2D eigenvalue weighted by Gasteiger charge is 2.48. The fraction of sp³-hybridized carbons (Fsp3) is 0.579. The van der Waals surface area contributed by atoms with E-state index in [0.29, 0.717) is 25.4 Å². The molecule has 6 heteroatoms. The van der Waals surface area contributed by atoms with Crippen LogP contribution < -0.4 is 5.32 Å².